The summed E-state index contributed by atoms with van der Waals surface area (Å²) < 4.78 is 85.1. The van der Waals surface area contributed by atoms with E-state index in [1.165, 1.54) is 28.6 Å². The number of nitrogens with one attached hydrogen (secondary N) is 1. The molecule has 0 saturated carbocycles. The number of carboxylic acids is 2. The van der Waals surface area contributed by atoms with Crippen molar-refractivity contribution in [1.29, 1.82) is 0 Å². The zero-order chi connectivity index (χ0) is 34.7. The Labute approximate surface area is 260 Å². The van der Waals surface area contributed by atoms with Crippen LogP contribution < -0.4 is 4.90 Å². The van der Waals surface area contributed by atoms with Gasteiger partial charge in [-0.25, -0.2) is 43.1 Å². The fraction of sp³-hybridized carbons (Fsp3) is 0.200. The number of carbonyl (C=O) groups excluding carboxylic acids is 1. The van der Waals surface area contributed by atoms with Gasteiger partial charge >= 0.3 is 30.4 Å². The minimum absolute atomic E-state index is 0.193. The van der Waals surface area contributed by atoms with Gasteiger partial charge in [0.25, 0.3) is 0 Å². The van der Waals surface area contributed by atoms with Gasteiger partial charge in [0, 0.05) is 22.8 Å². The topological polar surface area (TPSA) is 189 Å². The van der Waals surface area contributed by atoms with E-state index < -0.39 is 36.2 Å². The molecule has 22 heteroatoms. The number of ether oxygens (including phenoxy) is 1. The number of cyclic esters (lactones) is 1. The van der Waals surface area contributed by atoms with Crippen LogP contribution >= 0.6 is 11.3 Å². The van der Waals surface area contributed by atoms with Crippen LogP contribution in [-0.4, -0.2) is 82.0 Å². The van der Waals surface area contributed by atoms with Crippen molar-refractivity contribution in [3.63, 3.8) is 0 Å². The second-order valence-electron chi connectivity index (χ2n) is 9.03. The SMILES string of the molecule is Cc1csc([C@H]2COC(=O)N2c2ccn3ncc(-c4ccc(-c5nc[nH]n5)c(F)c4)c3n2)n1.O=C(O)C(F)(F)F.O=C(O)C(F)(F)F. The Bertz CT molecular complexity index is 1890. The molecule has 1 atom stereocenters. The number of aliphatic carboxylic acids is 2. The van der Waals surface area contributed by atoms with E-state index in [1.807, 2.05) is 12.3 Å². The predicted molar refractivity (Wildman–Crippen MR) is 145 cm³/mol. The number of aryl methyl sites for hydroxylation is 1. The van der Waals surface area contributed by atoms with E-state index in [1.54, 1.807) is 35.1 Å². The molecule has 3 N–H and O–H groups in total. The molecule has 0 spiro atoms. The molecule has 1 saturated heterocycles. The second kappa shape index (κ2) is 13.4. The second-order valence-corrected chi connectivity index (χ2v) is 9.91. The Morgan fingerprint density at radius 1 is 1.04 bits per heavy atom. The number of carbonyl (C=O) groups is 3. The number of carboxylic acid groups (broad SMARTS) is 2. The number of halogens is 7. The molecule has 14 nitrogen and oxygen atoms in total. The van der Waals surface area contributed by atoms with Gasteiger partial charge < -0.3 is 14.9 Å². The number of fused-ring (bicyclic) bond motifs is 1. The third-order valence-corrected chi connectivity index (χ3v) is 6.88. The minimum atomic E-state index is -5.08. The third-order valence-electron chi connectivity index (χ3n) is 5.82. The van der Waals surface area contributed by atoms with Crippen LogP contribution in [0.5, 0.6) is 0 Å². The molecule has 1 aliphatic rings. The van der Waals surface area contributed by atoms with Gasteiger partial charge in [0.2, 0.25) is 0 Å². The fourth-order valence-corrected chi connectivity index (χ4v) is 4.65. The molecule has 248 valence electrons. The lowest BCUT2D eigenvalue weighted by Crippen LogP contribution is -2.28. The van der Waals surface area contributed by atoms with Crippen molar-refractivity contribution in [2.24, 2.45) is 0 Å². The number of alkyl halides is 6. The number of rotatable bonds is 4. The van der Waals surface area contributed by atoms with Gasteiger partial charge in [-0.05, 0) is 30.7 Å². The summed E-state index contributed by atoms with van der Waals surface area (Å²) in [6, 6.07) is 6.08. The van der Waals surface area contributed by atoms with Crippen molar-refractivity contribution >= 4 is 40.8 Å². The van der Waals surface area contributed by atoms with E-state index in [9.17, 15) is 35.5 Å². The minimum Gasteiger partial charge on any atom is -0.475 e. The van der Waals surface area contributed by atoms with E-state index in [2.05, 4.69) is 30.2 Å². The van der Waals surface area contributed by atoms with Crippen LogP contribution in [0.2, 0.25) is 0 Å². The summed E-state index contributed by atoms with van der Waals surface area (Å²) in [5.41, 5.74) is 2.85. The molecule has 5 aromatic rings. The zero-order valence-electron chi connectivity index (χ0n) is 23.1. The highest BCUT2D eigenvalue weighted by Crippen LogP contribution is 2.35. The third kappa shape index (κ3) is 7.95. The molecule has 1 aliphatic heterocycles. The maximum absolute atomic E-state index is 14.8. The first kappa shape index (κ1) is 34.2. The number of H-pyrrole nitrogens is 1. The summed E-state index contributed by atoms with van der Waals surface area (Å²) >= 11 is 1.47. The number of hydrogen-bond donors (Lipinski definition) is 3. The van der Waals surface area contributed by atoms with Gasteiger partial charge in [0.05, 0.1) is 11.8 Å². The van der Waals surface area contributed by atoms with Crippen LogP contribution in [0.4, 0.5) is 41.3 Å². The number of hydrogen-bond acceptors (Lipinski definition) is 10. The molecule has 1 aromatic carbocycles. The highest BCUT2D eigenvalue weighted by Gasteiger charge is 2.39. The summed E-state index contributed by atoms with van der Waals surface area (Å²) in [6.07, 6.45) is -5.96. The quantitative estimate of drug-likeness (QED) is 0.214. The average molecular weight is 691 g/mol. The first-order valence-electron chi connectivity index (χ1n) is 12.5. The highest BCUT2D eigenvalue weighted by molar-refractivity contribution is 7.09. The van der Waals surface area contributed by atoms with Crippen molar-refractivity contribution in [2.45, 2.75) is 25.3 Å². The van der Waals surface area contributed by atoms with Crippen LogP contribution in [0.3, 0.4) is 0 Å². The molecule has 0 bridgehead atoms. The smallest absolute Gasteiger partial charge is 0.475 e. The van der Waals surface area contributed by atoms with E-state index >= 15 is 0 Å². The lowest BCUT2D eigenvalue weighted by atomic mass is 10.1. The highest BCUT2D eigenvalue weighted by atomic mass is 32.1. The van der Waals surface area contributed by atoms with Gasteiger partial charge in [-0.3, -0.25) is 5.10 Å². The van der Waals surface area contributed by atoms with Crippen molar-refractivity contribution in [3.8, 4) is 22.5 Å². The molecule has 0 aliphatic carbocycles. The molecule has 1 fully saturated rings. The summed E-state index contributed by atoms with van der Waals surface area (Å²) in [7, 11) is 0. The average Bonchev–Trinajstić information content (AvgIpc) is 3.80. The summed E-state index contributed by atoms with van der Waals surface area (Å²) in [4.78, 5) is 45.0. The Kier molecular flexibility index (Phi) is 9.72. The van der Waals surface area contributed by atoms with Gasteiger partial charge in [0.1, 0.15) is 35.6 Å². The zero-order valence-corrected chi connectivity index (χ0v) is 23.9. The lowest BCUT2D eigenvalue weighted by molar-refractivity contribution is -0.193. The molecule has 1 amide bonds. The summed E-state index contributed by atoms with van der Waals surface area (Å²) in [6.45, 7) is 2.09. The molecular formula is C25H17F7N8O6S. The Morgan fingerprint density at radius 2 is 1.70 bits per heavy atom. The summed E-state index contributed by atoms with van der Waals surface area (Å²) in [5, 5.41) is 27.8. The molecule has 6 rings (SSSR count). The number of benzene rings is 1. The maximum atomic E-state index is 14.8. The Balaban J connectivity index is 0.000000301. The van der Waals surface area contributed by atoms with Crippen LogP contribution in [0, 0.1) is 12.7 Å². The molecule has 5 heterocycles. The molecule has 0 unspecified atom stereocenters. The van der Waals surface area contributed by atoms with Gasteiger partial charge in [-0.1, -0.05) is 6.07 Å². The summed E-state index contributed by atoms with van der Waals surface area (Å²) in [5.74, 6) is -5.30. The van der Waals surface area contributed by atoms with Crippen LogP contribution in [-0.2, 0) is 14.3 Å². The molecule has 47 heavy (non-hydrogen) atoms. The van der Waals surface area contributed by atoms with Crippen molar-refractivity contribution in [3.05, 3.63) is 64.9 Å². The number of nitrogens with zero attached hydrogens (tertiary/aromatic N) is 7. The normalized spacial score (nSPS) is 14.6. The Hall–Kier alpha value is -5.67. The van der Waals surface area contributed by atoms with Crippen LogP contribution in [0.15, 0.2) is 48.4 Å². The van der Waals surface area contributed by atoms with Crippen molar-refractivity contribution in [2.75, 3.05) is 11.5 Å². The number of amides is 1. The molecule has 0 radical (unpaired) electrons. The van der Waals surface area contributed by atoms with Gasteiger partial charge in [-0.2, -0.15) is 36.5 Å². The standard InChI is InChI=1S/C21H15FN8O2S.2C2HF3O2/c1-11-9-33-20(26-11)16-8-32-21(31)30(16)17-4-5-29-19(27-17)14(7-25-29)12-2-3-13(15(22)6-12)18-23-10-24-28-18;2*3-2(4,5)1(6)7/h2-7,9-10,16H,8H2,1H3,(H,23,24,28);2*(H,6,7)/t16-;;/m1../s1. The molecule has 4 aromatic heterocycles. The Morgan fingerprint density at radius 3 is 2.23 bits per heavy atom. The predicted octanol–water partition coefficient (Wildman–Crippen LogP) is 5.05. The van der Waals surface area contributed by atoms with E-state index in [4.69, 9.17) is 24.5 Å². The van der Waals surface area contributed by atoms with E-state index in [-0.39, 0.29) is 24.0 Å². The van der Waals surface area contributed by atoms with Gasteiger partial charge in [0.15, 0.2) is 11.5 Å². The number of anilines is 1. The lowest BCUT2D eigenvalue weighted by Gasteiger charge is -2.18. The first-order valence-corrected chi connectivity index (χ1v) is 13.3. The number of aromatic amines is 1. The maximum Gasteiger partial charge on any atom is 0.490 e. The number of thiazole rings is 1. The van der Waals surface area contributed by atoms with Crippen LogP contribution in [0.25, 0.3) is 28.2 Å². The van der Waals surface area contributed by atoms with Crippen molar-refractivity contribution in [1.82, 2.24) is 34.8 Å². The fourth-order valence-electron chi connectivity index (χ4n) is 3.78. The van der Waals surface area contributed by atoms with Gasteiger partial charge in [-0.15, -0.1) is 11.3 Å². The van der Waals surface area contributed by atoms with Crippen LogP contribution in [0.1, 0.15) is 16.7 Å². The number of aromatic nitrogens is 7. The first-order chi connectivity index (χ1) is 22.0. The monoisotopic (exact) mass is 690 g/mol. The van der Waals surface area contributed by atoms with E-state index in [0.717, 1.165) is 10.7 Å². The van der Waals surface area contributed by atoms with E-state index in [0.29, 0.717) is 22.6 Å². The van der Waals surface area contributed by atoms with Crippen molar-refractivity contribution < 1.29 is 60.1 Å². The largest absolute Gasteiger partial charge is 0.490 e. The molecular weight excluding hydrogens is 673 g/mol.